The summed E-state index contributed by atoms with van der Waals surface area (Å²) in [5.74, 6) is 0.493. The number of benzene rings is 2. The van der Waals surface area contributed by atoms with Crippen LogP contribution in [0.1, 0.15) is 34.2 Å². The number of amides is 2. The van der Waals surface area contributed by atoms with Crippen LogP contribution in [0, 0.1) is 13.8 Å². The van der Waals surface area contributed by atoms with Gasteiger partial charge < -0.3 is 15.2 Å². The Morgan fingerprint density at radius 3 is 2.68 bits per heavy atom. The Bertz CT molecular complexity index is 1100. The Labute approximate surface area is 190 Å². The van der Waals surface area contributed by atoms with Gasteiger partial charge in [0.25, 0.3) is 5.91 Å². The second-order valence-electron chi connectivity index (χ2n) is 6.99. The third-order valence-electron chi connectivity index (χ3n) is 4.60. The number of nitrogens with one attached hydrogen (secondary N) is 2. The zero-order chi connectivity index (χ0) is 22.4. The van der Waals surface area contributed by atoms with Crippen LogP contribution in [0.15, 0.2) is 47.6 Å². The summed E-state index contributed by atoms with van der Waals surface area (Å²) in [6.07, 6.45) is 0. The van der Waals surface area contributed by atoms with Gasteiger partial charge in [0, 0.05) is 22.8 Å². The van der Waals surface area contributed by atoms with Gasteiger partial charge in [0.15, 0.2) is 11.0 Å². The fraction of sp³-hybridized carbons (Fsp3) is 0.273. The average Bonchev–Trinajstić information content (AvgIpc) is 3.15. The first-order valence-corrected chi connectivity index (χ1v) is 11.2. The number of carbonyl (C=O) groups excluding carboxylic acids is 2. The highest BCUT2D eigenvalue weighted by Gasteiger charge is 2.15. The minimum absolute atomic E-state index is 0.157. The molecule has 1 aromatic heterocycles. The van der Waals surface area contributed by atoms with E-state index in [4.69, 9.17) is 11.6 Å². The zero-order valence-corrected chi connectivity index (χ0v) is 19.2. The van der Waals surface area contributed by atoms with Crippen molar-refractivity contribution in [3.8, 4) is 0 Å². The molecule has 0 unspecified atom stereocenters. The summed E-state index contributed by atoms with van der Waals surface area (Å²) < 4.78 is 1.89. The highest BCUT2D eigenvalue weighted by Crippen LogP contribution is 2.22. The van der Waals surface area contributed by atoms with E-state index in [1.54, 1.807) is 18.2 Å². The van der Waals surface area contributed by atoms with Crippen LogP contribution >= 0.6 is 23.4 Å². The van der Waals surface area contributed by atoms with Gasteiger partial charge in [-0.15, -0.1) is 10.2 Å². The Morgan fingerprint density at radius 1 is 1.13 bits per heavy atom. The van der Waals surface area contributed by atoms with Crippen molar-refractivity contribution in [3.05, 3.63) is 70.0 Å². The van der Waals surface area contributed by atoms with Crippen molar-refractivity contribution in [2.75, 3.05) is 11.1 Å². The van der Waals surface area contributed by atoms with E-state index >= 15 is 0 Å². The van der Waals surface area contributed by atoms with Crippen LogP contribution in [0.3, 0.4) is 0 Å². The fourth-order valence-corrected chi connectivity index (χ4v) is 3.96. The van der Waals surface area contributed by atoms with Crippen molar-refractivity contribution in [3.63, 3.8) is 0 Å². The largest absolute Gasteiger partial charge is 0.345 e. The van der Waals surface area contributed by atoms with Crippen LogP contribution in [0.2, 0.25) is 5.02 Å². The summed E-state index contributed by atoms with van der Waals surface area (Å²) >= 11 is 7.30. The molecule has 0 aliphatic heterocycles. The summed E-state index contributed by atoms with van der Waals surface area (Å²) in [6.45, 7) is 6.69. The highest BCUT2D eigenvalue weighted by atomic mass is 35.5. The topological polar surface area (TPSA) is 88.9 Å². The van der Waals surface area contributed by atoms with E-state index in [0.29, 0.717) is 33.8 Å². The van der Waals surface area contributed by atoms with E-state index in [1.165, 1.54) is 11.8 Å². The van der Waals surface area contributed by atoms with E-state index in [-0.39, 0.29) is 24.1 Å². The standard InChI is InChI=1S/C22H24ClN5O2S/c1-4-28-19(12-24-21(30)16-7-5-6-14(2)10-16)26-27-22(28)31-13-20(29)25-18-11-17(23)9-8-15(18)3/h5-11H,4,12-13H2,1-3H3,(H,24,30)(H,25,29). The maximum Gasteiger partial charge on any atom is 0.251 e. The van der Waals surface area contributed by atoms with E-state index < -0.39 is 0 Å². The van der Waals surface area contributed by atoms with Crippen molar-refractivity contribution >= 4 is 40.9 Å². The molecule has 0 aliphatic carbocycles. The van der Waals surface area contributed by atoms with Gasteiger partial charge in [-0.25, -0.2) is 0 Å². The number of halogens is 1. The van der Waals surface area contributed by atoms with Crippen LogP contribution in [0.4, 0.5) is 5.69 Å². The Morgan fingerprint density at radius 2 is 1.94 bits per heavy atom. The van der Waals surface area contributed by atoms with Crippen molar-refractivity contribution in [1.82, 2.24) is 20.1 Å². The average molecular weight is 458 g/mol. The molecule has 162 valence electrons. The van der Waals surface area contributed by atoms with Gasteiger partial charge in [-0.1, -0.05) is 47.1 Å². The molecule has 0 bridgehead atoms. The number of aryl methyl sites for hydroxylation is 2. The minimum atomic E-state index is -0.167. The lowest BCUT2D eigenvalue weighted by Crippen LogP contribution is -2.25. The van der Waals surface area contributed by atoms with Crippen LogP contribution in [0.5, 0.6) is 0 Å². The molecule has 2 N–H and O–H groups in total. The smallest absolute Gasteiger partial charge is 0.251 e. The summed E-state index contributed by atoms with van der Waals surface area (Å²) in [5.41, 5.74) is 3.25. The van der Waals surface area contributed by atoms with Crippen molar-refractivity contribution in [1.29, 1.82) is 0 Å². The monoisotopic (exact) mass is 457 g/mol. The van der Waals surface area contributed by atoms with Crippen LogP contribution in [0.25, 0.3) is 0 Å². The predicted molar refractivity (Wildman–Crippen MR) is 124 cm³/mol. The van der Waals surface area contributed by atoms with Gasteiger partial charge in [0.2, 0.25) is 5.91 Å². The van der Waals surface area contributed by atoms with Crippen molar-refractivity contribution < 1.29 is 9.59 Å². The minimum Gasteiger partial charge on any atom is -0.345 e. The first-order chi connectivity index (χ1) is 14.9. The number of nitrogens with zero attached hydrogens (tertiary/aromatic N) is 3. The third-order valence-corrected chi connectivity index (χ3v) is 5.80. The first-order valence-electron chi connectivity index (χ1n) is 9.83. The van der Waals surface area contributed by atoms with E-state index in [1.807, 2.05) is 49.6 Å². The van der Waals surface area contributed by atoms with Crippen LogP contribution in [-0.2, 0) is 17.9 Å². The SMILES string of the molecule is CCn1c(CNC(=O)c2cccc(C)c2)nnc1SCC(=O)Nc1cc(Cl)ccc1C. The fourth-order valence-electron chi connectivity index (χ4n) is 2.97. The molecular formula is C22H24ClN5O2S. The van der Waals surface area contributed by atoms with Gasteiger partial charge in [0.05, 0.1) is 12.3 Å². The quantitative estimate of drug-likeness (QED) is 0.494. The number of aromatic nitrogens is 3. The second kappa shape index (κ2) is 10.5. The first kappa shape index (κ1) is 22.8. The van der Waals surface area contributed by atoms with E-state index in [0.717, 1.165) is 11.1 Å². The summed E-state index contributed by atoms with van der Waals surface area (Å²) in [6, 6.07) is 12.8. The molecule has 3 rings (SSSR count). The second-order valence-corrected chi connectivity index (χ2v) is 8.37. The van der Waals surface area contributed by atoms with Crippen molar-refractivity contribution in [2.45, 2.75) is 39.0 Å². The molecule has 0 saturated heterocycles. The summed E-state index contributed by atoms with van der Waals surface area (Å²) in [5, 5.41) is 15.3. The number of hydrogen-bond donors (Lipinski definition) is 2. The number of thioether (sulfide) groups is 1. The molecule has 2 amide bonds. The summed E-state index contributed by atoms with van der Waals surface area (Å²) in [4.78, 5) is 24.7. The molecule has 0 saturated carbocycles. The molecule has 0 spiro atoms. The van der Waals surface area contributed by atoms with Crippen molar-refractivity contribution in [2.24, 2.45) is 0 Å². The molecule has 9 heteroatoms. The lowest BCUT2D eigenvalue weighted by molar-refractivity contribution is -0.113. The van der Waals surface area contributed by atoms with Crippen LogP contribution in [-0.4, -0.2) is 32.3 Å². The maximum atomic E-state index is 12.4. The highest BCUT2D eigenvalue weighted by molar-refractivity contribution is 7.99. The number of carbonyl (C=O) groups is 2. The molecule has 0 fully saturated rings. The number of rotatable bonds is 8. The Kier molecular flexibility index (Phi) is 7.70. The molecule has 0 atom stereocenters. The van der Waals surface area contributed by atoms with Gasteiger partial charge in [-0.2, -0.15) is 0 Å². The molecular weight excluding hydrogens is 434 g/mol. The molecule has 0 radical (unpaired) electrons. The molecule has 1 heterocycles. The molecule has 3 aromatic rings. The number of hydrogen-bond acceptors (Lipinski definition) is 5. The van der Waals surface area contributed by atoms with Gasteiger partial charge in [-0.3, -0.25) is 9.59 Å². The molecule has 2 aromatic carbocycles. The van der Waals surface area contributed by atoms with E-state index in [9.17, 15) is 9.59 Å². The molecule has 31 heavy (non-hydrogen) atoms. The van der Waals surface area contributed by atoms with E-state index in [2.05, 4.69) is 20.8 Å². The van der Waals surface area contributed by atoms with Gasteiger partial charge >= 0.3 is 0 Å². The summed E-state index contributed by atoms with van der Waals surface area (Å²) in [7, 11) is 0. The zero-order valence-electron chi connectivity index (χ0n) is 17.6. The number of anilines is 1. The van der Waals surface area contributed by atoms with Gasteiger partial charge in [-0.05, 0) is 50.6 Å². The van der Waals surface area contributed by atoms with Gasteiger partial charge in [0.1, 0.15) is 0 Å². The normalized spacial score (nSPS) is 10.7. The predicted octanol–water partition coefficient (Wildman–Crippen LogP) is 4.23. The lowest BCUT2D eigenvalue weighted by Gasteiger charge is -2.10. The maximum absolute atomic E-state index is 12.4. The third kappa shape index (κ3) is 6.08. The van der Waals surface area contributed by atoms with Crippen LogP contribution < -0.4 is 10.6 Å². The Balaban J connectivity index is 1.58. The Hall–Kier alpha value is -2.84. The lowest BCUT2D eigenvalue weighted by atomic mass is 10.1. The molecule has 0 aliphatic rings. The molecule has 7 nitrogen and oxygen atoms in total.